The first-order chi connectivity index (χ1) is 13.3. The van der Waals surface area contributed by atoms with Crippen molar-refractivity contribution in [3.63, 3.8) is 0 Å². The fourth-order valence-corrected chi connectivity index (χ4v) is 3.97. The highest BCUT2D eigenvalue weighted by atomic mass is 35.5. The maximum Gasteiger partial charge on any atom is 0.253 e. The number of carbonyl (C=O) groups is 2. The average Bonchev–Trinajstić information content (AvgIpc) is 3.48. The summed E-state index contributed by atoms with van der Waals surface area (Å²) in [5, 5.41) is 5.49. The molecule has 28 heavy (non-hydrogen) atoms. The van der Waals surface area contributed by atoms with Crippen molar-refractivity contribution in [2.45, 2.75) is 30.3 Å². The van der Waals surface area contributed by atoms with Crippen molar-refractivity contribution in [2.24, 2.45) is 0 Å². The lowest BCUT2D eigenvalue weighted by Gasteiger charge is -2.09. The Kier molecular flexibility index (Phi) is 6.33. The lowest BCUT2D eigenvalue weighted by Crippen LogP contribution is -2.36. The van der Waals surface area contributed by atoms with Crippen LogP contribution >= 0.6 is 11.6 Å². The van der Waals surface area contributed by atoms with E-state index in [1.807, 2.05) is 0 Å². The molecular weight excluding hydrogens is 402 g/mol. The number of carbonyl (C=O) groups excluding carboxylic acids is 2. The molecule has 7 nitrogen and oxygen atoms in total. The van der Waals surface area contributed by atoms with Crippen LogP contribution in [0.25, 0.3) is 0 Å². The van der Waals surface area contributed by atoms with E-state index in [-0.39, 0.29) is 29.9 Å². The van der Waals surface area contributed by atoms with E-state index in [2.05, 4.69) is 15.4 Å². The Labute approximate surface area is 168 Å². The number of halogens is 1. The van der Waals surface area contributed by atoms with E-state index in [1.54, 1.807) is 36.4 Å². The molecule has 0 aliphatic heterocycles. The van der Waals surface area contributed by atoms with Crippen LogP contribution in [-0.4, -0.2) is 32.8 Å². The molecule has 148 valence electrons. The van der Waals surface area contributed by atoms with E-state index in [0.717, 1.165) is 18.4 Å². The maximum atomic E-state index is 12.1. The minimum Gasteiger partial charge on any atom is -0.350 e. The quantitative estimate of drug-likeness (QED) is 0.604. The fourth-order valence-electron chi connectivity index (χ4n) is 2.44. The van der Waals surface area contributed by atoms with Gasteiger partial charge in [-0.3, -0.25) is 9.59 Å². The lowest BCUT2D eigenvalue weighted by atomic mass is 10.2. The van der Waals surface area contributed by atoms with Crippen LogP contribution in [0, 0.1) is 0 Å². The van der Waals surface area contributed by atoms with Crippen LogP contribution in [0.3, 0.4) is 0 Å². The maximum absolute atomic E-state index is 12.1. The summed E-state index contributed by atoms with van der Waals surface area (Å²) in [5.41, 5.74) is 1.05. The molecule has 0 spiro atoms. The molecule has 1 fully saturated rings. The smallest absolute Gasteiger partial charge is 0.253 e. The van der Waals surface area contributed by atoms with Crippen LogP contribution in [0.4, 0.5) is 0 Å². The van der Waals surface area contributed by atoms with Gasteiger partial charge in [-0.05, 0) is 42.7 Å². The third-order valence-corrected chi connectivity index (χ3v) is 6.02. The number of sulfonamides is 1. The van der Waals surface area contributed by atoms with Crippen molar-refractivity contribution in [1.82, 2.24) is 15.4 Å². The minimum atomic E-state index is -3.49. The van der Waals surface area contributed by atoms with Gasteiger partial charge in [-0.25, -0.2) is 13.1 Å². The van der Waals surface area contributed by atoms with Gasteiger partial charge in [-0.15, -0.1) is 0 Å². The molecule has 0 radical (unpaired) electrons. The van der Waals surface area contributed by atoms with Gasteiger partial charge in [0.15, 0.2) is 0 Å². The second kappa shape index (κ2) is 8.72. The van der Waals surface area contributed by atoms with E-state index in [1.165, 1.54) is 12.1 Å². The summed E-state index contributed by atoms with van der Waals surface area (Å²) >= 11 is 5.94. The van der Waals surface area contributed by atoms with Gasteiger partial charge in [-0.1, -0.05) is 35.9 Å². The van der Waals surface area contributed by atoms with Gasteiger partial charge < -0.3 is 10.6 Å². The van der Waals surface area contributed by atoms with Gasteiger partial charge in [0, 0.05) is 12.6 Å². The first-order valence-electron chi connectivity index (χ1n) is 8.76. The molecule has 0 bridgehead atoms. The molecular formula is C19H20ClN3O4S. The second-order valence-electron chi connectivity index (χ2n) is 6.48. The molecule has 1 saturated carbocycles. The van der Waals surface area contributed by atoms with Crippen molar-refractivity contribution in [3.8, 4) is 0 Å². The summed E-state index contributed by atoms with van der Waals surface area (Å²) in [5.74, 6) is -0.800. The van der Waals surface area contributed by atoms with Crippen LogP contribution in [0.1, 0.15) is 28.8 Å². The van der Waals surface area contributed by atoms with Crippen LogP contribution in [0.15, 0.2) is 53.4 Å². The van der Waals surface area contributed by atoms with Gasteiger partial charge in [-0.2, -0.15) is 0 Å². The van der Waals surface area contributed by atoms with Crippen LogP contribution in [-0.2, 0) is 21.4 Å². The average molecular weight is 422 g/mol. The number of amides is 2. The normalized spacial score (nSPS) is 13.8. The summed E-state index contributed by atoms with van der Waals surface area (Å²) in [6, 6.07) is 12.9. The van der Waals surface area contributed by atoms with E-state index < -0.39 is 15.9 Å². The molecule has 2 aromatic carbocycles. The summed E-state index contributed by atoms with van der Waals surface area (Å²) < 4.78 is 26.9. The number of benzene rings is 2. The minimum absolute atomic E-state index is 0.0462. The Balaban J connectivity index is 1.46. The van der Waals surface area contributed by atoms with Crippen molar-refractivity contribution in [2.75, 3.05) is 6.54 Å². The van der Waals surface area contributed by atoms with Crippen molar-refractivity contribution < 1.29 is 18.0 Å². The van der Waals surface area contributed by atoms with Gasteiger partial charge in [0.1, 0.15) is 0 Å². The lowest BCUT2D eigenvalue weighted by molar-refractivity contribution is -0.120. The summed E-state index contributed by atoms with van der Waals surface area (Å²) in [6.45, 7) is 0.0268. The highest BCUT2D eigenvalue weighted by Crippen LogP contribution is 2.22. The monoisotopic (exact) mass is 421 g/mol. The molecule has 1 aliphatic carbocycles. The molecule has 0 heterocycles. The third kappa shape index (κ3) is 5.54. The summed E-state index contributed by atoms with van der Waals surface area (Å²) in [4.78, 5) is 24.1. The molecule has 9 heteroatoms. The van der Waals surface area contributed by atoms with E-state index in [4.69, 9.17) is 11.6 Å². The Morgan fingerprint density at radius 1 is 1.00 bits per heavy atom. The number of hydrogen-bond donors (Lipinski definition) is 3. The SMILES string of the molecule is O=C(CNC(=O)c1ccccc1Cl)NCc1ccc(S(=O)(=O)NC2CC2)cc1. The molecule has 0 atom stereocenters. The Bertz CT molecular complexity index is 973. The molecule has 0 saturated heterocycles. The van der Waals surface area contributed by atoms with E-state index >= 15 is 0 Å². The van der Waals surface area contributed by atoms with Crippen molar-refractivity contribution in [3.05, 3.63) is 64.7 Å². The molecule has 3 N–H and O–H groups in total. The molecule has 0 unspecified atom stereocenters. The summed E-state index contributed by atoms with van der Waals surface area (Å²) in [7, 11) is -3.49. The summed E-state index contributed by atoms with van der Waals surface area (Å²) in [6.07, 6.45) is 1.74. The van der Waals surface area contributed by atoms with Crippen LogP contribution < -0.4 is 15.4 Å². The van der Waals surface area contributed by atoms with Gasteiger partial charge in [0.25, 0.3) is 5.91 Å². The predicted octanol–water partition coefficient (Wildman–Crippen LogP) is 1.83. The largest absolute Gasteiger partial charge is 0.350 e. The highest BCUT2D eigenvalue weighted by Gasteiger charge is 2.27. The molecule has 2 amide bonds. The second-order valence-corrected chi connectivity index (χ2v) is 8.60. The molecule has 1 aliphatic rings. The molecule has 2 aromatic rings. The number of nitrogens with one attached hydrogen (secondary N) is 3. The first kappa shape index (κ1) is 20.3. The zero-order valence-corrected chi connectivity index (χ0v) is 16.5. The van der Waals surface area contributed by atoms with E-state index in [0.29, 0.717) is 10.6 Å². The van der Waals surface area contributed by atoms with Gasteiger partial charge >= 0.3 is 0 Å². The van der Waals surface area contributed by atoms with E-state index in [9.17, 15) is 18.0 Å². The molecule has 3 rings (SSSR count). The fraction of sp³-hybridized carbons (Fsp3) is 0.263. The predicted molar refractivity (Wildman–Crippen MR) is 105 cm³/mol. The first-order valence-corrected chi connectivity index (χ1v) is 10.6. The number of rotatable bonds is 8. The zero-order chi connectivity index (χ0) is 20.1. The highest BCUT2D eigenvalue weighted by molar-refractivity contribution is 7.89. The Morgan fingerprint density at radius 2 is 1.68 bits per heavy atom. The Hall–Kier alpha value is -2.42. The van der Waals surface area contributed by atoms with Crippen LogP contribution in [0.5, 0.6) is 0 Å². The number of hydrogen-bond acceptors (Lipinski definition) is 4. The van der Waals surface area contributed by atoms with Crippen LogP contribution in [0.2, 0.25) is 5.02 Å². The Morgan fingerprint density at radius 3 is 2.32 bits per heavy atom. The van der Waals surface area contributed by atoms with Gasteiger partial charge in [0.2, 0.25) is 15.9 Å². The van der Waals surface area contributed by atoms with Crippen molar-refractivity contribution >= 4 is 33.4 Å². The third-order valence-electron chi connectivity index (χ3n) is 4.15. The topological polar surface area (TPSA) is 104 Å². The van der Waals surface area contributed by atoms with Crippen molar-refractivity contribution in [1.29, 1.82) is 0 Å². The van der Waals surface area contributed by atoms with Gasteiger partial charge in [0.05, 0.1) is 22.0 Å². The standard InChI is InChI=1S/C19H20ClN3O4S/c20-17-4-2-1-3-16(17)19(25)22-12-18(24)21-11-13-5-9-15(10-6-13)28(26,27)23-14-7-8-14/h1-6,9-10,14,23H,7-8,11-12H2,(H,21,24)(H,22,25). The molecule has 0 aromatic heterocycles. The zero-order valence-electron chi connectivity index (χ0n) is 14.9.